The molecule has 0 rings (SSSR count). The number of aliphatic imine (C=N–C) groups is 2. The Balaban J connectivity index is -0.000000980. The van der Waals surface area contributed by atoms with E-state index in [-0.39, 0.29) is 52.7 Å². The van der Waals surface area contributed by atoms with Crippen LogP contribution in [0.3, 0.4) is 0 Å². The monoisotopic (exact) mass is 246 g/mol. The minimum absolute atomic E-state index is 0. The van der Waals surface area contributed by atoms with E-state index >= 15 is 0 Å². The summed E-state index contributed by atoms with van der Waals surface area (Å²) >= 11 is 0. The molecule has 6 nitrogen and oxygen atoms in total. The zero-order chi connectivity index (χ0) is 11.5. The highest BCUT2D eigenvalue weighted by molar-refractivity contribution is 5.70. The lowest BCUT2D eigenvalue weighted by atomic mass is 10.4. The quantitative estimate of drug-likeness (QED) is 0.526. The van der Waals surface area contributed by atoms with E-state index < -0.39 is 0 Å². The summed E-state index contributed by atoms with van der Waals surface area (Å²) in [7, 11) is 2.63. The number of nitrogens with zero attached hydrogens (tertiary/aromatic N) is 2. The van der Waals surface area contributed by atoms with Gasteiger partial charge in [0, 0.05) is 0 Å². The minimum Gasteiger partial charge on any atom is -0.469 e. The number of methoxy groups -OCH3 is 2. The van der Waals surface area contributed by atoms with Crippen molar-refractivity contribution in [3.05, 3.63) is 0 Å². The molecule has 0 aliphatic heterocycles. The van der Waals surface area contributed by atoms with Crippen molar-refractivity contribution in [3.63, 3.8) is 0 Å². The molecule has 0 heterocycles. The van der Waals surface area contributed by atoms with Gasteiger partial charge in [-0.15, -0.1) is 0 Å². The van der Waals surface area contributed by atoms with E-state index in [2.05, 4.69) is 25.5 Å². The third-order valence-corrected chi connectivity index (χ3v) is 1.45. The van der Waals surface area contributed by atoms with Crippen molar-refractivity contribution >= 4 is 17.9 Å². The highest BCUT2D eigenvalue weighted by atomic mass is 16.5. The SMILES string of the molecule is C.C.COC(=O)CCN=C=NCCC(=O)OC. The third kappa shape index (κ3) is 14.3. The molecule has 0 fully saturated rings. The normalized spacial score (nSPS) is 7.65. The van der Waals surface area contributed by atoms with Crippen LogP contribution in [-0.2, 0) is 19.1 Å². The van der Waals surface area contributed by atoms with Crippen molar-refractivity contribution < 1.29 is 19.1 Å². The Morgan fingerprint density at radius 3 is 1.59 bits per heavy atom. The van der Waals surface area contributed by atoms with Gasteiger partial charge in [-0.2, -0.15) is 0 Å². The molecule has 100 valence electrons. The molecule has 0 saturated carbocycles. The largest absolute Gasteiger partial charge is 0.469 e. The molecule has 0 aromatic carbocycles. The van der Waals surface area contributed by atoms with Crippen molar-refractivity contribution in [3.8, 4) is 0 Å². The summed E-state index contributed by atoms with van der Waals surface area (Å²) in [5, 5.41) is 0. The van der Waals surface area contributed by atoms with Crippen LogP contribution >= 0.6 is 0 Å². The molecule has 0 bridgehead atoms. The first kappa shape index (κ1) is 20.7. The minimum atomic E-state index is -0.324. The molecule has 0 aliphatic carbocycles. The lowest BCUT2D eigenvalue weighted by Crippen LogP contribution is -2.02. The topological polar surface area (TPSA) is 77.3 Å². The Kier molecular flexibility index (Phi) is 17.4. The van der Waals surface area contributed by atoms with Crippen LogP contribution in [-0.4, -0.2) is 45.3 Å². The van der Waals surface area contributed by atoms with Gasteiger partial charge in [-0.1, -0.05) is 14.9 Å². The zero-order valence-corrected chi connectivity index (χ0v) is 8.86. The molecule has 0 aromatic heterocycles. The molecule has 0 spiro atoms. The Labute approximate surface area is 103 Å². The van der Waals surface area contributed by atoms with Crippen LogP contribution in [0.5, 0.6) is 0 Å². The van der Waals surface area contributed by atoms with Gasteiger partial charge in [0.1, 0.15) is 0 Å². The first-order valence-corrected chi connectivity index (χ1v) is 4.42. The van der Waals surface area contributed by atoms with E-state index in [1.54, 1.807) is 0 Å². The van der Waals surface area contributed by atoms with Crippen molar-refractivity contribution in [1.82, 2.24) is 0 Å². The molecule has 0 atom stereocenters. The van der Waals surface area contributed by atoms with E-state index in [0.717, 1.165) is 0 Å². The molecule has 0 saturated heterocycles. The summed E-state index contributed by atoms with van der Waals surface area (Å²) in [5.74, 6) is -0.648. The molecular weight excluding hydrogens is 224 g/mol. The predicted octanol–water partition coefficient (Wildman–Crippen LogP) is 1.56. The number of carbonyl (C=O) groups is 2. The van der Waals surface area contributed by atoms with Crippen molar-refractivity contribution in [2.24, 2.45) is 9.98 Å². The lowest BCUT2D eigenvalue weighted by molar-refractivity contribution is -0.141. The van der Waals surface area contributed by atoms with Gasteiger partial charge < -0.3 is 9.47 Å². The van der Waals surface area contributed by atoms with Crippen LogP contribution < -0.4 is 0 Å². The van der Waals surface area contributed by atoms with E-state index in [1.165, 1.54) is 14.2 Å². The molecule has 6 heteroatoms. The Bertz CT molecular complexity index is 247. The fourth-order valence-corrected chi connectivity index (χ4v) is 0.649. The fraction of sp³-hybridized carbons (Fsp3) is 0.727. The predicted molar refractivity (Wildman–Crippen MR) is 66.3 cm³/mol. The van der Waals surface area contributed by atoms with Crippen LogP contribution in [0.4, 0.5) is 0 Å². The first-order chi connectivity index (χ1) is 7.20. The van der Waals surface area contributed by atoms with Crippen LogP contribution in [0.1, 0.15) is 27.7 Å². The molecule has 0 unspecified atom stereocenters. The van der Waals surface area contributed by atoms with E-state index in [1.807, 2.05) is 0 Å². The Morgan fingerprint density at radius 2 is 1.29 bits per heavy atom. The number of carbonyl (C=O) groups excluding carboxylic acids is 2. The van der Waals surface area contributed by atoms with Gasteiger partial charge >= 0.3 is 11.9 Å². The highest BCUT2D eigenvalue weighted by Gasteiger charge is 1.97. The number of rotatable bonds is 6. The molecule has 0 amide bonds. The van der Waals surface area contributed by atoms with Crippen molar-refractivity contribution in [1.29, 1.82) is 0 Å². The molecule has 0 radical (unpaired) electrons. The van der Waals surface area contributed by atoms with Gasteiger partial charge in [0.05, 0.1) is 46.2 Å². The second-order valence-corrected chi connectivity index (χ2v) is 2.52. The van der Waals surface area contributed by atoms with Crippen LogP contribution in [0.25, 0.3) is 0 Å². The standard InChI is InChI=1S/C9H14N2O4.2CH4/c1-14-8(12)3-5-10-7-11-6-4-9(13)15-2;;/h3-6H2,1-2H3;2*1H4. The number of hydrogen-bond acceptors (Lipinski definition) is 6. The maximum atomic E-state index is 10.6. The Hall–Kier alpha value is -1.68. The molecular formula is C11H22N2O4. The van der Waals surface area contributed by atoms with Crippen molar-refractivity contribution in [2.75, 3.05) is 27.3 Å². The molecule has 0 N–H and O–H groups in total. The van der Waals surface area contributed by atoms with Crippen LogP contribution in [0.2, 0.25) is 0 Å². The van der Waals surface area contributed by atoms with Gasteiger partial charge in [0.2, 0.25) is 0 Å². The zero-order valence-electron chi connectivity index (χ0n) is 8.86. The van der Waals surface area contributed by atoms with Crippen LogP contribution in [0.15, 0.2) is 9.98 Å². The summed E-state index contributed by atoms with van der Waals surface area (Å²) < 4.78 is 8.81. The van der Waals surface area contributed by atoms with E-state index in [4.69, 9.17) is 0 Å². The summed E-state index contributed by atoms with van der Waals surface area (Å²) in [4.78, 5) is 28.7. The summed E-state index contributed by atoms with van der Waals surface area (Å²) in [6.45, 7) is 0.572. The van der Waals surface area contributed by atoms with E-state index in [0.29, 0.717) is 0 Å². The van der Waals surface area contributed by atoms with E-state index in [9.17, 15) is 9.59 Å². The van der Waals surface area contributed by atoms with Gasteiger partial charge in [-0.3, -0.25) is 9.59 Å². The highest BCUT2D eigenvalue weighted by Crippen LogP contribution is 1.85. The average molecular weight is 246 g/mol. The molecule has 0 aromatic rings. The van der Waals surface area contributed by atoms with Gasteiger partial charge in [-0.25, -0.2) is 9.98 Å². The summed E-state index contributed by atoms with van der Waals surface area (Å²) in [5.41, 5.74) is 0. The maximum Gasteiger partial charge on any atom is 0.307 e. The number of esters is 2. The second-order valence-electron chi connectivity index (χ2n) is 2.52. The summed E-state index contributed by atoms with van der Waals surface area (Å²) in [6, 6.07) is 2.38. The first-order valence-electron chi connectivity index (χ1n) is 4.42. The van der Waals surface area contributed by atoms with Crippen molar-refractivity contribution in [2.45, 2.75) is 27.7 Å². The van der Waals surface area contributed by atoms with Gasteiger partial charge in [-0.05, 0) is 0 Å². The Morgan fingerprint density at radius 1 is 0.941 bits per heavy atom. The second kappa shape index (κ2) is 14.3. The van der Waals surface area contributed by atoms with Crippen LogP contribution in [0, 0.1) is 0 Å². The third-order valence-electron chi connectivity index (χ3n) is 1.45. The van der Waals surface area contributed by atoms with Gasteiger partial charge in [0.15, 0.2) is 0 Å². The summed E-state index contributed by atoms with van der Waals surface area (Å²) in [6.07, 6.45) is 0.409. The smallest absolute Gasteiger partial charge is 0.307 e. The number of ether oxygens (including phenoxy) is 2. The molecule has 0 aliphatic rings. The van der Waals surface area contributed by atoms with Gasteiger partial charge in [0.25, 0.3) is 0 Å². The molecule has 17 heavy (non-hydrogen) atoms. The average Bonchev–Trinajstić information content (AvgIpc) is 2.26. The fourth-order valence-electron chi connectivity index (χ4n) is 0.649. The lowest BCUT2D eigenvalue weighted by Gasteiger charge is -1.92. The number of hydrogen-bond donors (Lipinski definition) is 0. The maximum absolute atomic E-state index is 10.6.